The van der Waals surface area contributed by atoms with Crippen LogP contribution in [0.1, 0.15) is 23.5 Å². The van der Waals surface area contributed by atoms with Crippen molar-refractivity contribution >= 4 is 17.3 Å². The van der Waals surface area contributed by atoms with Crippen molar-refractivity contribution in [2.75, 3.05) is 20.3 Å². The zero-order valence-corrected chi connectivity index (χ0v) is 16.2. The highest BCUT2D eigenvalue weighted by atomic mass is 32.1. The minimum atomic E-state index is -0.276. The number of hydrogen-bond donors (Lipinski definition) is 1. The van der Waals surface area contributed by atoms with E-state index in [-0.39, 0.29) is 17.9 Å². The van der Waals surface area contributed by atoms with Crippen molar-refractivity contribution in [3.63, 3.8) is 0 Å². The molecule has 0 spiro atoms. The van der Waals surface area contributed by atoms with E-state index >= 15 is 0 Å². The van der Waals surface area contributed by atoms with Crippen LogP contribution in [0, 0.1) is 5.82 Å². The van der Waals surface area contributed by atoms with Gasteiger partial charge in [-0.1, -0.05) is 6.07 Å². The van der Waals surface area contributed by atoms with Crippen molar-refractivity contribution in [3.8, 4) is 11.3 Å². The second-order valence-corrected chi connectivity index (χ2v) is 6.91. The molecule has 1 saturated heterocycles. The molecule has 1 aliphatic rings. The number of nitrogens with one attached hydrogen (secondary N) is 1. The Labute approximate surface area is 168 Å². The molecular formula is C21H20FN3O2S. The standard InChI is InChI=1S/C21H20FN3O2S/c1-26-13-12-25-20(19(24-21(25)28)16-4-2-3-11-23-16)18-10-9-17(27-18)14-5-7-15(22)8-6-14/h2-11,19-20H,12-13H2,1H3,(H,24,28)/t19-,20+/m1/s1. The third-order valence-corrected chi connectivity index (χ3v) is 5.13. The van der Waals surface area contributed by atoms with Crippen LogP contribution in [-0.4, -0.2) is 35.3 Å². The van der Waals surface area contributed by atoms with Crippen LogP contribution in [0.25, 0.3) is 11.3 Å². The maximum atomic E-state index is 13.2. The van der Waals surface area contributed by atoms with Crippen molar-refractivity contribution in [1.29, 1.82) is 0 Å². The summed E-state index contributed by atoms with van der Waals surface area (Å²) in [5, 5.41) is 4.00. The summed E-state index contributed by atoms with van der Waals surface area (Å²) in [4.78, 5) is 6.56. The zero-order valence-electron chi connectivity index (χ0n) is 15.3. The number of rotatable bonds is 6. The number of nitrogens with zero attached hydrogens (tertiary/aromatic N) is 2. The Bertz CT molecular complexity index is 946. The van der Waals surface area contributed by atoms with Crippen LogP contribution in [0.5, 0.6) is 0 Å². The first kappa shape index (κ1) is 18.6. The smallest absolute Gasteiger partial charge is 0.170 e. The lowest BCUT2D eigenvalue weighted by Crippen LogP contribution is -2.32. The van der Waals surface area contributed by atoms with Gasteiger partial charge in [-0.3, -0.25) is 4.98 Å². The number of ether oxygens (including phenoxy) is 1. The van der Waals surface area contributed by atoms with E-state index in [0.717, 1.165) is 17.0 Å². The Morgan fingerprint density at radius 2 is 2.00 bits per heavy atom. The van der Waals surface area contributed by atoms with E-state index in [9.17, 15) is 4.39 Å². The molecule has 4 rings (SSSR count). The summed E-state index contributed by atoms with van der Waals surface area (Å²) in [6, 6.07) is 15.6. The first-order chi connectivity index (χ1) is 13.7. The van der Waals surface area contributed by atoms with E-state index in [1.807, 2.05) is 30.3 Å². The van der Waals surface area contributed by atoms with Crippen LogP contribution in [0.3, 0.4) is 0 Å². The van der Waals surface area contributed by atoms with E-state index in [1.54, 1.807) is 25.4 Å². The fourth-order valence-electron chi connectivity index (χ4n) is 3.43. The van der Waals surface area contributed by atoms with Crippen molar-refractivity contribution < 1.29 is 13.5 Å². The molecule has 1 aromatic carbocycles. The van der Waals surface area contributed by atoms with Gasteiger partial charge in [0.2, 0.25) is 0 Å². The summed E-state index contributed by atoms with van der Waals surface area (Å²) in [6.07, 6.45) is 1.76. The van der Waals surface area contributed by atoms with Crippen LogP contribution in [-0.2, 0) is 4.74 Å². The highest BCUT2D eigenvalue weighted by molar-refractivity contribution is 7.80. The van der Waals surface area contributed by atoms with Gasteiger partial charge in [-0.15, -0.1) is 0 Å². The molecule has 5 nitrogen and oxygen atoms in total. The number of thiocarbonyl (C=S) groups is 1. The van der Waals surface area contributed by atoms with Crippen LogP contribution in [0.4, 0.5) is 4.39 Å². The molecule has 144 valence electrons. The molecule has 0 aliphatic carbocycles. The predicted octanol–water partition coefficient (Wildman–Crippen LogP) is 4.10. The number of halogens is 1. The van der Waals surface area contributed by atoms with Gasteiger partial charge in [0.05, 0.1) is 18.3 Å². The van der Waals surface area contributed by atoms with Gasteiger partial charge in [-0.2, -0.15) is 0 Å². The topological polar surface area (TPSA) is 50.5 Å². The average Bonchev–Trinajstić information content (AvgIpc) is 3.32. The molecule has 0 radical (unpaired) electrons. The molecule has 3 aromatic rings. The number of aromatic nitrogens is 1. The van der Waals surface area contributed by atoms with Crippen LogP contribution in [0.2, 0.25) is 0 Å². The number of methoxy groups -OCH3 is 1. The summed E-state index contributed by atoms with van der Waals surface area (Å²) >= 11 is 5.57. The van der Waals surface area contributed by atoms with Crippen LogP contribution >= 0.6 is 12.2 Å². The van der Waals surface area contributed by atoms with Gasteiger partial charge in [0, 0.05) is 25.4 Å². The molecule has 28 heavy (non-hydrogen) atoms. The predicted molar refractivity (Wildman–Crippen MR) is 108 cm³/mol. The molecule has 0 amide bonds. The summed E-state index contributed by atoms with van der Waals surface area (Å²) < 4.78 is 24.6. The van der Waals surface area contributed by atoms with Crippen molar-refractivity contribution in [2.45, 2.75) is 12.1 Å². The first-order valence-corrected chi connectivity index (χ1v) is 9.41. The Morgan fingerprint density at radius 1 is 1.18 bits per heavy atom. The third-order valence-electron chi connectivity index (χ3n) is 4.78. The lowest BCUT2D eigenvalue weighted by atomic mass is 10.0. The molecule has 1 fully saturated rings. The van der Waals surface area contributed by atoms with Crippen molar-refractivity contribution in [3.05, 3.63) is 78.1 Å². The molecule has 7 heteroatoms. The van der Waals surface area contributed by atoms with Gasteiger partial charge >= 0.3 is 0 Å². The first-order valence-electron chi connectivity index (χ1n) is 9.00. The van der Waals surface area contributed by atoms with Crippen molar-refractivity contribution in [1.82, 2.24) is 15.2 Å². The SMILES string of the molecule is COCCN1C(=S)N[C@H](c2ccccn2)[C@@H]1c1ccc(-c2ccc(F)cc2)o1. The van der Waals surface area contributed by atoms with Gasteiger partial charge in [0.15, 0.2) is 5.11 Å². The van der Waals surface area contributed by atoms with E-state index in [2.05, 4.69) is 15.2 Å². The summed E-state index contributed by atoms with van der Waals surface area (Å²) in [7, 11) is 1.66. The van der Waals surface area contributed by atoms with Gasteiger partial charge in [-0.05, 0) is 60.7 Å². The fraction of sp³-hybridized carbons (Fsp3) is 0.238. The number of benzene rings is 1. The highest BCUT2D eigenvalue weighted by Gasteiger charge is 2.41. The normalized spacial score (nSPS) is 19.1. The number of hydrogen-bond acceptors (Lipinski definition) is 4. The molecule has 2 aromatic heterocycles. The highest BCUT2D eigenvalue weighted by Crippen LogP contribution is 2.40. The van der Waals surface area contributed by atoms with E-state index < -0.39 is 0 Å². The van der Waals surface area contributed by atoms with Gasteiger partial charge < -0.3 is 19.4 Å². The molecule has 2 atom stereocenters. The molecule has 0 bridgehead atoms. The second-order valence-electron chi connectivity index (χ2n) is 6.52. The van der Waals surface area contributed by atoms with Crippen LogP contribution in [0.15, 0.2) is 65.2 Å². The Morgan fingerprint density at radius 3 is 2.71 bits per heavy atom. The van der Waals surface area contributed by atoms with Gasteiger partial charge in [0.25, 0.3) is 0 Å². The lowest BCUT2D eigenvalue weighted by molar-refractivity contribution is 0.158. The van der Waals surface area contributed by atoms with Gasteiger partial charge in [0.1, 0.15) is 23.4 Å². The summed E-state index contributed by atoms with van der Waals surface area (Å²) in [6.45, 7) is 1.17. The second kappa shape index (κ2) is 8.08. The van der Waals surface area contributed by atoms with Crippen molar-refractivity contribution in [2.24, 2.45) is 0 Å². The molecule has 3 heterocycles. The Balaban J connectivity index is 1.70. The average molecular weight is 397 g/mol. The molecular weight excluding hydrogens is 377 g/mol. The molecule has 1 N–H and O–H groups in total. The van der Waals surface area contributed by atoms with Gasteiger partial charge in [-0.25, -0.2) is 4.39 Å². The fourth-order valence-corrected chi connectivity index (χ4v) is 3.76. The number of furan rings is 1. The summed E-state index contributed by atoms with van der Waals surface area (Å²) in [5.74, 6) is 1.17. The maximum absolute atomic E-state index is 13.2. The molecule has 0 unspecified atom stereocenters. The quantitative estimate of drug-likeness (QED) is 0.632. The van der Waals surface area contributed by atoms with E-state index in [4.69, 9.17) is 21.4 Å². The maximum Gasteiger partial charge on any atom is 0.170 e. The summed E-state index contributed by atoms with van der Waals surface area (Å²) in [5.41, 5.74) is 1.70. The Hall–Kier alpha value is -2.77. The monoisotopic (exact) mass is 397 g/mol. The van der Waals surface area contributed by atoms with E-state index in [1.165, 1.54) is 12.1 Å². The largest absolute Gasteiger partial charge is 0.459 e. The minimum Gasteiger partial charge on any atom is -0.459 e. The minimum absolute atomic E-state index is 0.141. The third kappa shape index (κ3) is 3.63. The Kier molecular flexibility index (Phi) is 5.36. The number of pyridine rings is 1. The lowest BCUT2D eigenvalue weighted by Gasteiger charge is -2.25. The van der Waals surface area contributed by atoms with Crippen LogP contribution < -0.4 is 5.32 Å². The molecule has 0 saturated carbocycles. The molecule has 1 aliphatic heterocycles. The van der Waals surface area contributed by atoms with E-state index in [0.29, 0.717) is 24.0 Å². The zero-order chi connectivity index (χ0) is 19.5.